The van der Waals surface area contributed by atoms with Gasteiger partial charge in [0.1, 0.15) is 6.73 Å². The Balaban J connectivity index is 1.60. The first-order chi connectivity index (χ1) is 9.83. The van der Waals surface area contributed by atoms with Gasteiger partial charge in [-0.05, 0) is 36.0 Å². The van der Waals surface area contributed by atoms with E-state index in [0.29, 0.717) is 13.3 Å². The first-order valence-electron chi connectivity index (χ1n) is 7.39. The first kappa shape index (κ1) is 13.4. The van der Waals surface area contributed by atoms with Gasteiger partial charge in [-0.15, -0.1) is 0 Å². The number of hydrogen-bond donors (Lipinski definition) is 1. The Kier molecular flexibility index (Phi) is 4.19. The molecule has 3 heteroatoms. The van der Waals surface area contributed by atoms with Gasteiger partial charge in [0.2, 0.25) is 0 Å². The fourth-order valence-electron chi connectivity index (χ4n) is 2.87. The highest BCUT2D eigenvalue weighted by Gasteiger charge is 2.17. The molecule has 106 valence electrons. The van der Waals surface area contributed by atoms with E-state index < -0.39 is 0 Å². The van der Waals surface area contributed by atoms with Crippen molar-refractivity contribution in [3.63, 3.8) is 0 Å². The summed E-state index contributed by atoms with van der Waals surface area (Å²) < 4.78 is 7.90. The van der Waals surface area contributed by atoms with Crippen LogP contribution >= 0.6 is 0 Å². The quantitative estimate of drug-likeness (QED) is 0.865. The molecule has 1 aliphatic rings. The molecule has 0 spiro atoms. The van der Waals surface area contributed by atoms with Crippen LogP contribution in [0.3, 0.4) is 0 Å². The predicted octanol–water partition coefficient (Wildman–Crippen LogP) is 3.39. The lowest BCUT2D eigenvalue weighted by Gasteiger charge is -2.08. The van der Waals surface area contributed by atoms with Crippen molar-refractivity contribution in [3.05, 3.63) is 59.4 Å². The molecule has 3 rings (SSSR count). The highest BCUT2D eigenvalue weighted by molar-refractivity contribution is 5.28. The third-order valence-corrected chi connectivity index (χ3v) is 3.96. The minimum absolute atomic E-state index is 0.197. The molecule has 1 aromatic heterocycles. The number of fused-ring (bicyclic) bond motifs is 1. The first-order valence-corrected chi connectivity index (χ1v) is 7.39. The van der Waals surface area contributed by atoms with Crippen molar-refractivity contribution < 1.29 is 4.74 Å². The van der Waals surface area contributed by atoms with Gasteiger partial charge in [0, 0.05) is 18.4 Å². The Bertz CT molecular complexity index is 547. The molecule has 1 heterocycles. The van der Waals surface area contributed by atoms with Crippen LogP contribution < -0.4 is 5.73 Å². The van der Waals surface area contributed by atoms with Gasteiger partial charge < -0.3 is 15.0 Å². The second-order valence-corrected chi connectivity index (χ2v) is 5.57. The summed E-state index contributed by atoms with van der Waals surface area (Å²) in [6.07, 6.45) is 9.09. The van der Waals surface area contributed by atoms with E-state index in [1.807, 2.05) is 18.2 Å². The molecular formula is C17H22N2O. The van der Waals surface area contributed by atoms with Crippen LogP contribution in [0.2, 0.25) is 0 Å². The highest BCUT2D eigenvalue weighted by Crippen LogP contribution is 2.27. The molecule has 0 saturated carbocycles. The van der Waals surface area contributed by atoms with Gasteiger partial charge >= 0.3 is 0 Å². The minimum Gasteiger partial charge on any atom is -0.356 e. The molecule has 20 heavy (non-hydrogen) atoms. The number of hydrogen-bond acceptors (Lipinski definition) is 2. The van der Waals surface area contributed by atoms with Gasteiger partial charge in [-0.2, -0.15) is 0 Å². The number of rotatable bonds is 4. The fraction of sp³-hybridized carbons (Fsp3) is 0.412. The van der Waals surface area contributed by atoms with Crippen LogP contribution in [0.25, 0.3) is 0 Å². The topological polar surface area (TPSA) is 40.2 Å². The average molecular weight is 270 g/mol. The monoisotopic (exact) mass is 270 g/mol. The molecule has 0 fully saturated rings. The number of benzene rings is 1. The van der Waals surface area contributed by atoms with Crippen molar-refractivity contribution in [1.29, 1.82) is 0 Å². The van der Waals surface area contributed by atoms with Crippen LogP contribution in [0, 0.1) is 0 Å². The Morgan fingerprint density at radius 3 is 2.85 bits per heavy atom. The van der Waals surface area contributed by atoms with E-state index in [2.05, 4.69) is 29.1 Å². The Hall–Kier alpha value is -1.58. The van der Waals surface area contributed by atoms with Crippen molar-refractivity contribution >= 4 is 0 Å². The zero-order valence-corrected chi connectivity index (χ0v) is 11.8. The summed E-state index contributed by atoms with van der Waals surface area (Å²) >= 11 is 0. The molecular weight excluding hydrogens is 248 g/mol. The van der Waals surface area contributed by atoms with Crippen LogP contribution in [0.4, 0.5) is 0 Å². The molecule has 0 saturated heterocycles. The number of nitrogens with two attached hydrogens (primary N) is 1. The summed E-state index contributed by atoms with van der Waals surface area (Å²) in [6.45, 7) is 1.24. The molecule has 0 bridgehead atoms. The van der Waals surface area contributed by atoms with Crippen LogP contribution in [0.1, 0.15) is 42.0 Å². The van der Waals surface area contributed by atoms with Crippen molar-refractivity contribution in [2.75, 3.05) is 0 Å². The van der Waals surface area contributed by atoms with E-state index in [-0.39, 0.29) is 6.04 Å². The Morgan fingerprint density at radius 2 is 2.00 bits per heavy atom. The number of ether oxygens (including phenoxy) is 1. The van der Waals surface area contributed by atoms with Crippen molar-refractivity contribution in [2.24, 2.45) is 5.73 Å². The molecule has 0 aliphatic heterocycles. The molecule has 0 radical (unpaired) electrons. The van der Waals surface area contributed by atoms with Gasteiger partial charge in [0.25, 0.3) is 0 Å². The Labute approximate surface area is 120 Å². The third kappa shape index (κ3) is 3.11. The van der Waals surface area contributed by atoms with Gasteiger partial charge in [-0.25, -0.2) is 0 Å². The average Bonchev–Trinajstić information content (AvgIpc) is 2.80. The lowest BCUT2D eigenvalue weighted by atomic mass is 10.1. The van der Waals surface area contributed by atoms with E-state index in [9.17, 15) is 0 Å². The zero-order valence-electron chi connectivity index (χ0n) is 11.8. The Morgan fingerprint density at radius 1 is 1.15 bits per heavy atom. The normalized spacial score (nSPS) is 18.6. The summed E-state index contributed by atoms with van der Waals surface area (Å²) in [6, 6.07) is 10.5. The lowest BCUT2D eigenvalue weighted by molar-refractivity contribution is 0.0641. The maximum atomic E-state index is 6.23. The van der Waals surface area contributed by atoms with E-state index in [0.717, 1.165) is 12.8 Å². The molecule has 1 atom stereocenters. The zero-order chi connectivity index (χ0) is 13.8. The third-order valence-electron chi connectivity index (χ3n) is 3.96. The van der Waals surface area contributed by atoms with Crippen molar-refractivity contribution in [1.82, 2.24) is 4.57 Å². The van der Waals surface area contributed by atoms with Crippen LogP contribution in [-0.2, 0) is 24.5 Å². The number of nitrogens with zero attached hydrogens (tertiary/aromatic N) is 1. The summed E-state index contributed by atoms with van der Waals surface area (Å²) in [4.78, 5) is 0. The van der Waals surface area contributed by atoms with Crippen LogP contribution in [0.5, 0.6) is 0 Å². The molecule has 1 unspecified atom stereocenters. The summed E-state index contributed by atoms with van der Waals surface area (Å²) in [5.41, 5.74) is 10.1. The second kappa shape index (κ2) is 6.25. The number of aryl methyl sites for hydroxylation is 1. The summed E-state index contributed by atoms with van der Waals surface area (Å²) in [5.74, 6) is 0. The standard InChI is InChI=1S/C17H22N2O/c18-17-9-5-4-8-15-10-19(11-16(15)17)13-20-12-14-6-2-1-3-7-14/h1-3,6-7,10-11,17H,4-5,8-9,12-13,18H2. The van der Waals surface area contributed by atoms with Crippen LogP contribution in [-0.4, -0.2) is 4.57 Å². The minimum atomic E-state index is 0.197. The summed E-state index contributed by atoms with van der Waals surface area (Å²) in [5, 5.41) is 0. The van der Waals surface area contributed by atoms with Gasteiger partial charge in [-0.3, -0.25) is 0 Å². The molecule has 1 aliphatic carbocycles. The highest BCUT2D eigenvalue weighted by atomic mass is 16.5. The molecule has 2 N–H and O–H groups in total. The second-order valence-electron chi connectivity index (χ2n) is 5.57. The van der Waals surface area contributed by atoms with E-state index in [4.69, 9.17) is 10.5 Å². The van der Waals surface area contributed by atoms with Gasteiger partial charge in [0.05, 0.1) is 6.61 Å². The van der Waals surface area contributed by atoms with Crippen molar-refractivity contribution in [2.45, 2.75) is 45.1 Å². The van der Waals surface area contributed by atoms with E-state index in [1.54, 1.807) is 0 Å². The largest absolute Gasteiger partial charge is 0.356 e. The lowest BCUT2D eigenvalue weighted by Crippen LogP contribution is -2.09. The summed E-state index contributed by atoms with van der Waals surface area (Å²) in [7, 11) is 0. The maximum absolute atomic E-state index is 6.23. The predicted molar refractivity (Wildman–Crippen MR) is 80.1 cm³/mol. The molecule has 1 aromatic carbocycles. The molecule has 0 amide bonds. The molecule has 2 aromatic rings. The SMILES string of the molecule is NC1CCCCc2cn(COCc3ccccc3)cc21. The maximum Gasteiger partial charge on any atom is 0.122 e. The van der Waals surface area contributed by atoms with E-state index >= 15 is 0 Å². The van der Waals surface area contributed by atoms with E-state index in [1.165, 1.54) is 29.5 Å². The van der Waals surface area contributed by atoms with Gasteiger partial charge in [0.15, 0.2) is 0 Å². The smallest absolute Gasteiger partial charge is 0.122 e. The van der Waals surface area contributed by atoms with Gasteiger partial charge in [-0.1, -0.05) is 36.8 Å². The van der Waals surface area contributed by atoms with Crippen molar-refractivity contribution in [3.8, 4) is 0 Å². The molecule has 3 nitrogen and oxygen atoms in total. The number of aromatic nitrogens is 1. The fourth-order valence-corrected chi connectivity index (χ4v) is 2.87. The van der Waals surface area contributed by atoms with Crippen LogP contribution in [0.15, 0.2) is 42.7 Å².